The molecule has 6 rings (SSSR count). The summed E-state index contributed by atoms with van der Waals surface area (Å²) in [7, 11) is 0. The number of rotatable bonds is 6. The van der Waals surface area contributed by atoms with Crippen molar-refractivity contribution >= 4 is 50.6 Å². The number of aromatic nitrogens is 1. The predicted octanol–water partition coefficient (Wildman–Crippen LogP) is 5.94. The minimum Gasteiger partial charge on any atom is -0.369 e. The van der Waals surface area contributed by atoms with E-state index in [1.807, 2.05) is 28.8 Å². The van der Waals surface area contributed by atoms with Gasteiger partial charge in [0.1, 0.15) is 0 Å². The van der Waals surface area contributed by atoms with Crippen molar-refractivity contribution in [3.05, 3.63) is 122 Å². The Kier molecular flexibility index (Phi) is 7.51. The third-order valence-corrected chi connectivity index (χ3v) is 8.66. The number of hydrogen-bond acceptors (Lipinski definition) is 5. The molecule has 3 heterocycles. The number of fused-ring (bicyclic) bond motifs is 4. The molecule has 1 saturated heterocycles. The molecule has 0 radical (unpaired) electrons. The summed E-state index contributed by atoms with van der Waals surface area (Å²) in [6.07, 6.45) is 0.998. The van der Waals surface area contributed by atoms with Gasteiger partial charge in [-0.25, -0.2) is 0 Å². The van der Waals surface area contributed by atoms with Gasteiger partial charge in [0, 0.05) is 58.6 Å². The molecule has 2 aliphatic rings. The largest absolute Gasteiger partial charge is 0.369 e. The molecular weight excluding hydrogens is 596 g/mol. The average Bonchev–Trinajstić information content (AvgIpc) is 2.98. The maximum Gasteiger partial charge on any atom is 0.256 e. The number of halogens is 1. The van der Waals surface area contributed by atoms with Gasteiger partial charge < -0.3 is 20.1 Å². The summed E-state index contributed by atoms with van der Waals surface area (Å²) in [5.41, 5.74) is 4.24. The van der Waals surface area contributed by atoms with Gasteiger partial charge in [-0.1, -0.05) is 30.3 Å². The Morgan fingerprint density at radius 1 is 0.810 bits per heavy atom. The number of nitrogens with one attached hydrogen (secondary N) is 2. The van der Waals surface area contributed by atoms with Crippen LogP contribution in [-0.2, 0) is 6.54 Å². The lowest BCUT2D eigenvalue weighted by Gasteiger charge is -2.44. The minimum atomic E-state index is -0.359. The van der Waals surface area contributed by atoms with E-state index in [4.69, 9.17) is 0 Å². The molecule has 8 nitrogen and oxygen atoms in total. The van der Waals surface area contributed by atoms with Crippen LogP contribution in [0.1, 0.15) is 56.0 Å². The van der Waals surface area contributed by atoms with E-state index in [-0.39, 0.29) is 35.0 Å². The molecule has 2 atom stereocenters. The molecule has 2 N–H and O–H groups in total. The lowest BCUT2D eigenvalue weighted by molar-refractivity contribution is 0.101. The minimum absolute atomic E-state index is 0.0289. The highest BCUT2D eigenvalue weighted by atomic mass is 79.9. The van der Waals surface area contributed by atoms with Crippen molar-refractivity contribution in [2.45, 2.75) is 25.8 Å². The van der Waals surface area contributed by atoms with Crippen molar-refractivity contribution in [2.75, 3.05) is 28.6 Å². The van der Waals surface area contributed by atoms with Crippen molar-refractivity contribution in [3.63, 3.8) is 0 Å². The number of carbonyl (C=O) groups is 3. The smallest absolute Gasteiger partial charge is 0.256 e. The molecule has 212 valence electrons. The van der Waals surface area contributed by atoms with Crippen LogP contribution in [0.15, 0.2) is 94.2 Å². The van der Waals surface area contributed by atoms with Gasteiger partial charge >= 0.3 is 0 Å². The van der Waals surface area contributed by atoms with E-state index in [1.54, 1.807) is 60.7 Å². The zero-order valence-corrected chi connectivity index (χ0v) is 24.6. The fraction of sp³-hybridized carbons (Fsp3) is 0.212. The molecule has 3 aromatic carbocycles. The van der Waals surface area contributed by atoms with Gasteiger partial charge in [0.25, 0.3) is 17.4 Å². The van der Waals surface area contributed by atoms with E-state index in [1.165, 1.54) is 6.92 Å². The van der Waals surface area contributed by atoms with E-state index in [2.05, 4.69) is 31.5 Å². The van der Waals surface area contributed by atoms with Crippen LogP contribution in [0.2, 0.25) is 0 Å². The molecule has 1 fully saturated rings. The SMILES string of the molecule is CC(=O)c1cccc(NC(=O)c2ccc(N3CC4CC(C3)c3cccc(=O)n3C4)c(NC(=O)c3ccccc3Br)c2)c1. The number of ketones is 1. The quantitative estimate of drug-likeness (QED) is 0.259. The van der Waals surface area contributed by atoms with Gasteiger partial charge in [0.2, 0.25) is 0 Å². The lowest BCUT2D eigenvalue weighted by Crippen LogP contribution is -2.47. The zero-order valence-electron chi connectivity index (χ0n) is 23.0. The number of carbonyl (C=O) groups excluding carboxylic acids is 3. The Morgan fingerprint density at radius 3 is 2.43 bits per heavy atom. The maximum absolute atomic E-state index is 13.4. The number of benzene rings is 3. The highest BCUT2D eigenvalue weighted by molar-refractivity contribution is 9.10. The molecule has 2 amide bonds. The first-order chi connectivity index (χ1) is 20.3. The molecule has 4 aromatic rings. The number of hydrogen-bond donors (Lipinski definition) is 2. The molecule has 42 heavy (non-hydrogen) atoms. The zero-order chi connectivity index (χ0) is 29.4. The Morgan fingerprint density at radius 2 is 1.62 bits per heavy atom. The molecule has 2 bridgehead atoms. The normalized spacial score (nSPS) is 17.2. The number of amides is 2. The Bertz CT molecular complexity index is 1780. The van der Waals surface area contributed by atoms with Crippen LogP contribution < -0.4 is 21.1 Å². The second-order valence-corrected chi connectivity index (χ2v) is 11.7. The number of Topliss-reactive ketones (excluding diaryl/α,β-unsaturated/α-hetero) is 1. The van der Waals surface area contributed by atoms with Gasteiger partial charge in [0.05, 0.1) is 16.9 Å². The first kappa shape index (κ1) is 27.7. The summed E-state index contributed by atoms with van der Waals surface area (Å²) in [5, 5.41) is 5.92. The average molecular weight is 626 g/mol. The summed E-state index contributed by atoms with van der Waals surface area (Å²) >= 11 is 3.46. The molecule has 2 unspecified atom stereocenters. The van der Waals surface area contributed by atoms with Gasteiger partial charge in [-0.05, 0) is 83.7 Å². The van der Waals surface area contributed by atoms with Crippen molar-refractivity contribution < 1.29 is 14.4 Å². The van der Waals surface area contributed by atoms with Gasteiger partial charge in [0.15, 0.2) is 5.78 Å². The Labute approximate surface area is 251 Å². The van der Waals surface area contributed by atoms with Gasteiger partial charge in [-0.3, -0.25) is 19.2 Å². The standard InChI is InChI=1S/C33H29BrN4O4/c1-20(39)22-6-4-7-25(15-22)35-32(41)23-12-13-30(28(16-23)36-33(42)26-8-2-3-9-27(26)34)37-17-21-14-24(19-37)29-10-5-11-31(40)38(29)18-21/h2-13,15-16,21,24H,14,17-19H2,1H3,(H,35,41)(H,36,42). The van der Waals surface area contributed by atoms with Crippen molar-refractivity contribution in [3.8, 4) is 0 Å². The van der Waals surface area contributed by atoms with E-state index < -0.39 is 0 Å². The second-order valence-electron chi connectivity index (χ2n) is 10.9. The van der Waals surface area contributed by atoms with Crippen molar-refractivity contribution in [1.82, 2.24) is 4.57 Å². The second kappa shape index (κ2) is 11.4. The van der Waals surface area contributed by atoms with E-state index in [9.17, 15) is 19.2 Å². The van der Waals surface area contributed by atoms with E-state index >= 15 is 0 Å². The van der Waals surface area contributed by atoms with Crippen LogP contribution in [-0.4, -0.2) is 35.3 Å². The number of nitrogens with zero attached hydrogens (tertiary/aromatic N) is 2. The van der Waals surface area contributed by atoms with Gasteiger partial charge in [-0.15, -0.1) is 0 Å². The highest BCUT2D eigenvalue weighted by Gasteiger charge is 2.35. The summed E-state index contributed by atoms with van der Waals surface area (Å²) in [6.45, 7) is 3.53. The first-order valence-corrected chi connectivity index (χ1v) is 14.6. The number of pyridine rings is 1. The molecular formula is C33H29BrN4O4. The molecule has 2 aliphatic heterocycles. The molecule has 0 saturated carbocycles. The summed E-state index contributed by atoms with van der Waals surface area (Å²) < 4.78 is 2.55. The third kappa shape index (κ3) is 5.52. The fourth-order valence-electron chi connectivity index (χ4n) is 6.00. The monoisotopic (exact) mass is 624 g/mol. The highest BCUT2D eigenvalue weighted by Crippen LogP contribution is 2.39. The van der Waals surface area contributed by atoms with Gasteiger partial charge in [-0.2, -0.15) is 0 Å². The third-order valence-electron chi connectivity index (χ3n) is 7.97. The topological polar surface area (TPSA) is 101 Å². The van der Waals surface area contributed by atoms with Crippen LogP contribution >= 0.6 is 15.9 Å². The molecule has 1 aromatic heterocycles. The van der Waals surface area contributed by atoms with E-state index in [0.717, 1.165) is 24.3 Å². The predicted molar refractivity (Wildman–Crippen MR) is 167 cm³/mol. The maximum atomic E-state index is 13.4. The molecule has 0 spiro atoms. The first-order valence-electron chi connectivity index (χ1n) is 13.8. The lowest BCUT2D eigenvalue weighted by atomic mass is 9.83. The van der Waals surface area contributed by atoms with Crippen molar-refractivity contribution in [1.29, 1.82) is 0 Å². The molecule has 0 aliphatic carbocycles. The number of piperidine rings is 1. The van der Waals surface area contributed by atoms with Crippen LogP contribution in [0.4, 0.5) is 17.1 Å². The van der Waals surface area contributed by atoms with Crippen LogP contribution in [0.5, 0.6) is 0 Å². The Hall–Kier alpha value is -4.50. The summed E-state index contributed by atoms with van der Waals surface area (Å²) in [5.74, 6) is -0.298. The summed E-state index contributed by atoms with van der Waals surface area (Å²) in [6, 6.07) is 24.7. The van der Waals surface area contributed by atoms with E-state index in [0.29, 0.717) is 45.6 Å². The number of anilines is 3. The van der Waals surface area contributed by atoms with Crippen LogP contribution in [0, 0.1) is 5.92 Å². The molecule has 9 heteroatoms. The Balaban J connectivity index is 1.33. The van der Waals surface area contributed by atoms with Crippen molar-refractivity contribution in [2.24, 2.45) is 5.92 Å². The fourth-order valence-corrected chi connectivity index (χ4v) is 6.47. The summed E-state index contributed by atoms with van der Waals surface area (Å²) in [4.78, 5) is 53.3. The van der Waals surface area contributed by atoms with Crippen LogP contribution in [0.3, 0.4) is 0 Å². The van der Waals surface area contributed by atoms with Crippen LogP contribution in [0.25, 0.3) is 0 Å².